The van der Waals surface area contributed by atoms with Crippen LogP contribution < -0.4 is 0 Å². The first kappa shape index (κ1) is 22.9. The first-order chi connectivity index (χ1) is 14.3. The van der Waals surface area contributed by atoms with E-state index < -0.39 is 0 Å². The first-order valence-electron chi connectivity index (χ1n) is 13.6. The molecule has 0 saturated heterocycles. The molecule has 4 rings (SSSR count). The summed E-state index contributed by atoms with van der Waals surface area (Å²) in [7, 11) is 0. The molecule has 10 atom stereocenters. The number of rotatable bonds is 6. The van der Waals surface area contributed by atoms with E-state index in [1.165, 1.54) is 51.4 Å². The average molecular weight is 415 g/mol. The SMILES string of the molecule is CC[C@@H](CC[C@@H](C)[C@@H]1CC[C@@H]2[C@H]3CC=C4C[C@@H](O)CC[C@]4(C)[C@H]3C[C@@H](C)[C@H]21)C(C)C. The molecule has 4 aliphatic rings. The summed E-state index contributed by atoms with van der Waals surface area (Å²) in [5, 5.41) is 10.3. The normalized spacial score (nSPS) is 45.3. The van der Waals surface area contributed by atoms with Crippen LogP contribution in [0, 0.1) is 58.7 Å². The zero-order valence-corrected chi connectivity index (χ0v) is 20.9. The number of aliphatic hydroxyl groups is 1. The van der Waals surface area contributed by atoms with Crippen molar-refractivity contribution in [2.24, 2.45) is 58.7 Å². The number of fused-ring (bicyclic) bond motifs is 5. The third kappa shape index (κ3) is 3.95. The average Bonchev–Trinajstić information content (AvgIpc) is 3.15. The summed E-state index contributed by atoms with van der Waals surface area (Å²) in [5.74, 6) is 8.28. The molecular formula is C29H50O. The zero-order chi connectivity index (χ0) is 21.6. The van der Waals surface area contributed by atoms with Gasteiger partial charge in [0.1, 0.15) is 0 Å². The largest absolute Gasteiger partial charge is 0.393 e. The number of allylic oxidation sites excluding steroid dienone is 1. The second-order valence-electron chi connectivity index (χ2n) is 12.7. The molecule has 0 amide bonds. The highest BCUT2D eigenvalue weighted by atomic mass is 16.3. The van der Waals surface area contributed by atoms with Gasteiger partial charge in [0.15, 0.2) is 0 Å². The second kappa shape index (κ2) is 8.92. The van der Waals surface area contributed by atoms with Crippen molar-refractivity contribution in [3.63, 3.8) is 0 Å². The lowest BCUT2D eigenvalue weighted by atomic mass is 9.48. The van der Waals surface area contributed by atoms with E-state index in [0.29, 0.717) is 5.41 Å². The molecule has 30 heavy (non-hydrogen) atoms. The quantitative estimate of drug-likeness (QED) is 0.438. The minimum absolute atomic E-state index is 0.0795. The van der Waals surface area contributed by atoms with Gasteiger partial charge in [0.2, 0.25) is 0 Å². The molecule has 0 unspecified atom stereocenters. The lowest BCUT2D eigenvalue weighted by Crippen LogP contribution is -2.50. The topological polar surface area (TPSA) is 20.2 Å². The Morgan fingerprint density at radius 1 is 1.10 bits per heavy atom. The van der Waals surface area contributed by atoms with Crippen LogP contribution in [-0.2, 0) is 0 Å². The lowest BCUT2D eigenvalue weighted by Gasteiger charge is -2.57. The maximum atomic E-state index is 10.3. The van der Waals surface area contributed by atoms with Crippen molar-refractivity contribution in [1.29, 1.82) is 0 Å². The number of hydrogen-bond acceptors (Lipinski definition) is 1. The summed E-state index contributed by atoms with van der Waals surface area (Å²) < 4.78 is 0. The number of aliphatic hydroxyl groups excluding tert-OH is 1. The summed E-state index contributed by atoms with van der Waals surface area (Å²) >= 11 is 0. The van der Waals surface area contributed by atoms with Gasteiger partial charge in [0.25, 0.3) is 0 Å². The minimum atomic E-state index is -0.0795. The molecule has 3 fully saturated rings. The summed E-state index contributed by atoms with van der Waals surface area (Å²) in [6.45, 7) is 15.0. The highest BCUT2D eigenvalue weighted by molar-refractivity contribution is 5.25. The fraction of sp³-hybridized carbons (Fsp3) is 0.931. The van der Waals surface area contributed by atoms with Crippen molar-refractivity contribution >= 4 is 0 Å². The van der Waals surface area contributed by atoms with E-state index >= 15 is 0 Å². The molecule has 0 aliphatic heterocycles. The Kier molecular flexibility index (Phi) is 6.80. The van der Waals surface area contributed by atoms with E-state index in [9.17, 15) is 5.11 Å². The van der Waals surface area contributed by atoms with Gasteiger partial charge in [0, 0.05) is 0 Å². The van der Waals surface area contributed by atoms with Crippen LogP contribution in [0.1, 0.15) is 106 Å². The van der Waals surface area contributed by atoms with Crippen molar-refractivity contribution in [2.75, 3.05) is 0 Å². The monoisotopic (exact) mass is 414 g/mol. The fourth-order valence-corrected chi connectivity index (χ4v) is 9.13. The standard InChI is InChI=1S/C29H50O/c1-7-21(18(2)3)9-8-19(4)24-12-13-26-25-11-10-22-17-23(30)14-15-29(22,6)27(25)16-20(5)28(24)26/h10,18-21,23-28,30H,7-9,11-17H2,1-6H3/t19-,20-,21+,23+,24+,25-,26-,27+,28+,29+/m1/s1. The van der Waals surface area contributed by atoms with Crippen molar-refractivity contribution in [1.82, 2.24) is 0 Å². The zero-order valence-electron chi connectivity index (χ0n) is 20.9. The van der Waals surface area contributed by atoms with Crippen LogP contribution in [0.4, 0.5) is 0 Å². The molecule has 0 heterocycles. The summed E-state index contributed by atoms with van der Waals surface area (Å²) in [4.78, 5) is 0. The van der Waals surface area contributed by atoms with E-state index in [-0.39, 0.29) is 6.10 Å². The maximum absolute atomic E-state index is 10.3. The highest BCUT2D eigenvalue weighted by Gasteiger charge is 2.56. The van der Waals surface area contributed by atoms with Gasteiger partial charge in [-0.05, 0) is 110 Å². The van der Waals surface area contributed by atoms with E-state index in [0.717, 1.165) is 66.1 Å². The summed E-state index contributed by atoms with van der Waals surface area (Å²) in [6, 6.07) is 0. The highest BCUT2D eigenvalue weighted by Crippen LogP contribution is 2.64. The molecule has 0 radical (unpaired) electrons. The lowest BCUT2D eigenvalue weighted by molar-refractivity contribution is -0.0409. The van der Waals surface area contributed by atoms with Gasteiger partial charge in [-0.3, -0.25) is 0 Å². The molecule has 4 aliphatic carbocycles. The molecule has 1 heteroatoms. The van der Waals surface area contributed by atoms with E-state index in [4.69, 9.17) is 0 Å². The van der Waals surface area contributed by atoms with Crippen LogP contribution in [0.2, 0.25) is 0 Å². The van der Waals surface area contributed by atoms with Gasteiger partial charge in [-0.15, -0.1) is 0 Å². The third-order valence-corrected chi connectivity index (χ3v) is 11.0. The molecule has 1 nitrogen and oxygen atoms in total. The molecule has 172 valence electrons. The summed E-state index contributed by atoms with van der Waals surface area (Å²) in [5.41, 5.74) is 2.01. The third-order valence-electron chi connectivity index (χ3n) is 11.0. The van der Waals surface area contributed by atoms with Crippen LogP contribution in [0.5, 0.6) is 0 Å². The first-order valence-corrected chi connectivity index (χ1v) is 13.6. The van der Waals surface area contributed by atoms with Crippen LogP contribution in [0.15, 0.2) is 11.6 Å². The Hall–Kier alpha value is -0.300. The van der Waals surface area contributed by atoms with Gasteiger partial charge in [-0.1, -0.05) is 66.0 Å². The summed E-state index contributed by atoms with van der Waals surface area (Å²) in [6.07, 6.45) is 15.7. The van der Waals surface area contributed by atoms with Crippen molar-refractivity contribution < 1.29 is 5.11 Å². The maximum Gasteiger partial charge on any atom is 0.0577 e. The predicted molar refractivity (Wildman–Crippen MR) is 128 cm³/mol. The van der Waals surface area contributed by atoms with Gasteiger partial charge >= 0.3 is 0 Å². The van der Waals surface area contributed by atoms with Crippen LogP contribution in [0.3, 0.4) is 0 Å². The van der Waals surface area contributed by atoms with E-state index in [1.54, 1.807) is 5.57 Å². The van der Waals surface area contributed by atoms with Gasteiger partial charge in [0.05, 0.1) is 6.10 Å². The molecule has 0 aromatic heterocycles. The molecule has 0 bridgehead atoms. The molecule has 0 aromatic rings. The predicted octanol–water partition coefficient (Wildman–Crippen LogP) is 7.88. The molecule has 1 N–H and O–H groups in total. The Balaban J connectivity index is 1.47. The smallest absolute Gasteiger partial charge is 0.0577 e. The van der Waals surface area contributed by atoms with E-state index in [2.05, 4.69) is 47.6 Å². The Labute approximate surface area is 187 Å². The van der Waals surface area contributed by atoms with Crippen LogP contribution >= 0.6 is 0 Å². The minimum Gasteiger partial charge on any atom is -0.393 e. The van der Waals surface area contributed by atoms with Crippen molar-refractivity contribution in [3.05, 3.63) is 11.6 Å². The molecular weight excluding hydrogens is 364 g/mol. The van der Waals surface area contributed by atoms with Crippen LogP contribution in [-0.4, -0.2) is 11.2 Å². The Morgan fingerprint density at radius 2 is 1.87 bits per heavy atom. The van der Waals surface area contributed by atoms with Gasteiger partial charge in [-0.2, -0.15) is 0 Å². The number of hydrogen-bond donors (Lipinski definition) is 1. The van der Waals surface area contributed by atoms with Crippen molar-refractivity contribution in [2.45, 2.75) is 112 Å². The Morgan fingerprint density at radius 3 is 2.57 bits per heavy atom. The van der Waals surface area contributed by atoms with E-state index in [1.807, 2.05) is 0 Å². The van der Waals surface area contributed by atoms with Gasteiger partial charge < -0.3 is 5.11 Å². The fourth-order valence-electron chi connectivity index (χ4n) is 9.13. The molecule has 0 aromatic carbocycles. The van der Waals surface area contributed by atoms with Crippen molar-refractivity contribution in [3.8, 4) is 0 Å². The Bertz CT molecular complexity index is 620. The second-order valence-corrected chi connectivity index (χ2v) is 12.7. The van der Waals surface area contributed by atoms with Gasteiger partial charge in [-0.25, -0.2) is 0 Å². The molecule has 0 spiro atoms. The van der Waals surface area contributed by atoms with Crippen LogP contribution in [0.25, 0.3) is 0 Å². The molecule has 3 saturated carbocycles.